The predicted octanol–water partition coefficient (Wildman–Crippen LogP) is 2.16. The number of nitro groups is 1. The number of hydrogen-bond donors (Lipinski definition) is 0. The number of likely N-dealkylation sites (N-methyl/N-ethyl adjacent to an activating group) is 1. The number of benzene rings is 1. The lowest BCUT2D eigenvalue weighted by atomic mass is 10.0. The molecule has 8 nitrogen and oxygen atoms in total. The summed E-state index contributed by atoms with van der Waals surface area (Å²) in [6.07, 6.45) is 1.83. The highest BCUT2D eigenvalue weighted by Crippen LogP contribution is 2.33. The van der Waals surface area contributed by atoms with Crippen molar-refractivity contribution in [1.29, 1.82) is 0 Å². The maximum absolute atomic E-state index is 13.0. The number of piperidine rings is 1. The van der Waals surface area contributed by atoms with E-state index in [9.17, 15) is 18.5 Å². The van der Waals surface area contributed by atoms with Gasteiger partial charge in [0.05, 0.1) is 9.82 Å². The lowest BCUT2D eigenvalue weighted by Gasteiger charge is -2.35. The van der Waals surface area contributed by atoms with Gasteiger partial charge in [-0.3, -0.25) is 10.1 Å². The van der Waals surface area contributed by atoms with E-state index in [1.807, 2.05) is 11.8 Å². The van der Waals surface area contributed by atoms with Crippen molar-refractivity contribution >= 4 is 21.4 Å². The van der Waals surface area contributed by atoms with Crippen molar-refractivity contribution in [1.82, 2.24) is 9.21 Å². The van der Waals surface area contributed by atoms with Gasteiger partial charge in [0.1, 0.15) is 5.69 Å². The molecule has 2 aliphatic rings. The monoisotopic (exact) mass is 396 g/mol. The highest BCUT2D eigenvalue weighted by atomic mass is 32.2. The van der Waals surface area contributed by atoms with Gasteiger partial charge in [0.25, 0.3) is 5.69 Å². The van der Waals surface area contributed by atoms with Crippen molar-refractivity contribution in [2.24, 2.45) is 5.92 Å². The van der Waals surface area contributed by atoms with Gasteiger partial charge in [0.2, 0.25) is 10.0 Å². The molecule has 0 unspecified atom stereocenters. The third-order valence-electron chi connectivity index (χ3n) is 5.56. The Balaban J connectivity index is 1.88. The van der Waals surface area contributed by atoms with E-state index < -0.39 is 14.9 Å². The molecule has 1 aromatic carbocycles. The smallest absolute Gasteiger partial charge is 0.293 e. The van der Waals surface area contributed by atoms with Gasteiger partial charge >= 0.3 is 0 Å². The van der Waals surface area contributed by atoms with E-state index in [2.05, 4.69) is 11.8 Å². The molecule has 2 fully saturated rings. The molecule has 3 rings (SSSR count). The number of rotatable bonds is 5. The van der Waals surface area contributed by atoms with Crippen LogP contribution >= 0.6 is 0 Å². The van der Waals surface area contributed by atoms with Crippen LogP contribution in [0.25, 0.3) is 0 Å². The van der Waals surface area contributed by atoms with Crippen molar-refractivity contribution in [2.45, 2.75) is 31.6 Å². The van der Waals surface area contributed by atoms with E-state index in [1.54, 1.807) is 6.07 Å². The number of hydrogen-bond acceptors (Lipinski definition) is 6. The molecule has 0 N–H and O–H groups in total. The van der Waals surface area contributed by atoms with E-state index in [0.717, 1.165) is 32.5 Å². The topological polar surface area (TPSA) is 87.0 Å². The highest BCUT2D eigenvalue weighted by molar-refractivity contribution is 7.89. The zero-order chi connectivity index (χ0) is 19.6. The van der Waals surface area contributed by atoms with Crippen LogP contribution in [0.15, 0.2) is 23.1 Å². The second-order valence-electron chi connectivity index (χ2n) is 7.44. The Morgan fingerprint density at radius 3 is 2.48 bits per heavy atom. The van der Waals surface area contributed by atoms with Crippen LogP contribution < -0.4 is 4.90 Å². The Kier molecular flexibility index (Phi) is 6.02. The van der Waals surface area contributed by atoms with Gasteiger partial charge in [-0.2, -0.15) is 4.31 Å². The predicted molar refractivity (Wildman–Crippen MR) is 105 cm³/mol. The number of nitrogens with zero attached hydrogens (tertiary/aromatic N) is 4. The molecule has 0 aromatic heterocycles. The molecule has 2 heterocycles. The maximum Gasteiger partial charge on any atom is 0.293 e. The largest absolute Gasteiger partial charge is 0.363 e. The molecule has 2 aliphatic heterocycles. The van der Waals surface area contributed by atoms with E-state index in [4.69, 9.17) is 0 Å². The average Bonchev–Trinajstić information content (AvgIpc) is 2.67. The lowest BCUT2D eigenvalue weighted by Crippen LogP contribution is -2.46. The SMILES string of the molecule is CCN1CCN(c2ccc(S(=O)(=O)N3CCC[C@H](C)C3)cc2[N+](=O)[O-])CC1. The minimum atomic E-state index is -3.71. The molecule has 0 spiro atoms. The Hall–Kier alpha value is -1.71. The summed E-state index contributed by atoms with van der Waals surface area (Å²) in [5, 5.41) is 11.7. The third kappa shape index (κ3) is 4.25. The maximum atomic E-state index is 13.0. The summed E-state index contributed by atoms with van der Waals surface area (Å²) in [5.74, 6) is 0.303. The summed E-state index contributed by atoms with van der Waals surface area (Å²) < 4.78 is 27.4. The van der Waals surface area contributed by atoms with Crippen LogP contribution in [-0.4, -0.2) is 68.4 Å². The third-order valence-corrected chi connectivity index (χ3v) is 7.42. The molecule has 1 atom stereocenters. The van der Waals surface area contributed by atoms with Gasteiger partial charge < -0.3 is 9.80 Å². The van der Waals surface area contributed by atoms with Gasteiger partial charge in [-0.25, -0.2) is 8.42 Å². The van der Waals surface area contributed by atoms with Crippen LogP contribution in [-0.2, 0) is 10.0 Å². The minimum absolute atomic E-state index is 0.0132. The Morgan fingerprint density at radius 2 is 1.89 bits per heavy atom. The normalized spacial score (nSPS) is 22.7. The minimum Gasteiger partial charge on any atom is -0.363 e. The molecule has 2 saturated heterocycles. The molecular weight excluding hydrogens is 368 g/mol. The number of piperazine rings is 1. The van der Waals surface area contributed by atoms with Gasteiger partial charge in [-0.05, 0) is 37.4 Å². The second kappa shape index (κ2) is 8.12. The lowest BCUT2D eigenvalue weighted by molar-refractivity contribution is -0.384. The van der Waals surface area contributed by atoms with E-state index in [0.29, 0.717) is 37.8 Å². The van der Waals surface area contributed by atoms with Gasteiger partial charge in [0, 0.05) is 45.3 Å². The summed E-state index contributed by atoms with van der Waals surface area (Å²) in [6.45, 7) is 9.12. The summed E-state index contributed by atoms with van der Waals surface area (Å²) in [4.78, 5) is 15.5. The molecule has 0 saturated carbocycles. The quantitative estimate of drug-likeness (QED) is 0.560. The highest BCUT2D eigenvalue weighted by Gasteiger charge is 2.31. The fraction of sp³-hybridized carbons (Fsp3) is 0.667. The van der Waals surface area contributed by atoms with Crippen molar-refractivity contribution in [3.05, 3.63) is 28.3 Å². The Morgan fingerprint density at radius 1 is 1.19 bits per heavy atom. The summed E-state index contributed by atoms with van der Waals surface area (Å²) in [6, 6.07) is 4.35. The molecule has 0 aliphatic carbocycles. The average molecular weight is 397 g/mol. The fourth-order valence-electron chi connectivity index (χ4n) is 3.90. The standard InChI is InChI=1S/C18H28N4O4S/c1-3-19-9-11-20(12-10-19)17-7-6-16(13-18(17)22(23)24)27(25,26)21-8-4-5-15(2)14-21/h6-7,13,15H,3-5,8-12,14H2,1-2H3/t15-/m0/s1. The summed E-state index contributed by atoms with van der Waals surface area (Å²) >= 11 is 0. The Bertz CT molecular complexity index is 791. The van der Waals surface area contributed by atoms with Crippen LogP contribution in [0.4, 0.5) is 11.4 Å². The molecule has 0 amide bonds. The van der Waals surface area contributed by atoms with E-state index in [-0.39, 0.29) is 10.6 Å². The van der Waals surface area contributed by atoms with Crippen LogP contribution in [0.1, 0.15) is 26.7 Å². The van der Waals surface area contributed by atoms with Gasteiger partial charge in [-0.1, -0.05) is 13.8 Å². The van der Waals surface area contributed by atoms with Crippen LogP contribution in [0, 0.1) is 16.0 Å². The zero-order valence-electron chi connectivity index (χ0n) is 16.0. The molecule has 27 heavy (non-hydrogen) atoms. The molecule has 1 aromatic rings. The van der Waals surface area contributed by atoms with E-state index >= 15 is 0 Å². The number of nitro benzene ring substituents is 1. The molecular formula is C18H28N4O4S. The molecule has 150 valence electrons. The second-order valence-corrected chi connectivity index (χ2v) is 9.38. The van der Waals surface area contributed by atoms with Crippen molar-refractivity contribution in [2.75, 3.05) is 50.7 Å². The summed E-state index contributed by atoms with van der Waals surface area (Å²) in [7, 11) is -3.71. The van der Waals surface area contributed by atoms with Crippen molar-refractivity contribution in [3.63, 3.8) is 0 Å². The Labute approximate surface area is 160 Å². The van der Waals surface area contributed by atoms with Crippen LogP contribution in [0.5, 0.6) is 0 Å². The first-order valence-electron chi connectivity index (χ1n) is 9.58. The van der Waals surface area contributed by atoms with Crippen LogP contribution in [0.3, 0.4) is 0 Å². The number of sulfonamides is 1. The number of anilines is 1. The molecule has 9 heteroatoms. The summed E-state index contributed by atoms with van der Waals surface area (Å²) in [5.41, 5.74) is 0.368. The zero-order valence-corrected chi connectivity index (χ0v) is 16.8. The van der Waals surface area contributed by atoms with E-state index in [1.165, 1.54) is 16.4 Å². The first-order valence-corrected chi connectivity index (χ1v) is 11.0. The van der Waals surface area contributed by atoms with Crippen molar-refractivity contribution in [3.8, 4) is 0 Å². The first-order chi connectivity index (χ1) is 12.8. The fourth-order valence-corrected chi connectivity index (χ4v) is 5.51. The van der Waals surface area contributed by atoms with Gasteiger partial charge in [0.15, 0.2) is 0 Å². The first kappa shape index (κ1) is 20.0. The van der Waals surface area contributed by atoms with Crippen molar-refractivity contribution < 1.29 is 13.3 Å². The van der Waals surface area contributed by atoms with Gasteiger partial charge in [-0.15, -0.1) is 0 Å². The molecule has 0 bridgehead atoms. The van der Waals surface area contributed by atoms with Crippen LogP contribution in [0.2, 0.25) is 0 Å². The molecule has 0 radical (unpaired) electrons.